The lowest BCUT2D eigenvalue weighted by molar-refractivity contribution is -0.137. The van der Waals surface area contributed by atoms with Gasteiger partial charge in [-0.3, -0.25) is 4.79 Å². The van der Waals surface area contributed by atoms with Crippen molar-refractivity contribution in [2.45, 2.75) is 20.3 Å². The van der Waals surface area contributed by atoms with Crippen molar-refractivity contribution < 1.29 is 19.1 Å². The van der Waals surface area contributed by atoms with Crippen LogP contribution >= 0.6 is 11.6 Å². The van der Waals surface area contributed by atoms with E-state index in [4.69, 9.17) is 26.8 Å². The van der Waals surface area contributed by atoms with Gasteiger partial charge < -0.3 is 20.5 Å². The minimum atomic E-state index is -0.681. The molecule has 21 heavy (non-hydrogen) atoms. The molecule has 6 nitrogen and oxygen atoms in total. The number of hydrogen-bond donors (Lipinski definition) is 2. The summed E-state index contributed by atoms with van der Waals surface area (Å²) in [6.45, 7) is 3.78. The number of esters is 1. The summed E-state index contributed by atoms with van der Waals surface area (Å²) in [5.41, 5.74) is 6.23. The molecule has 0 aliphatic heterocycles. The molecule has 0 saturated heterocycles. The van der Waals surface area contributed by atoms with Crippen LogP contribution in [0.25, 0.3) is 0 Å². The van der Waals surface area contributed by atoms with E-state index in [1.807, 2.05) is 0 Å². The zero-order valence-electron chi connectivity index (χ0n) is 12.2. The molecule has 0 aliphatic rings. The first kappa shape index (κ1) is 17.3. The number of rotatable bonds is 5. The van der Waals surface area contributed by atoms with Crippen LogP contribution in [-0.4, -0.2) is 25.7 Å². The van der Waals surface area contributed by atoms with Crippen molar-refractivity contribution in [2.75, 3.05) is 13.6 Å². The summed E-state index contributed by atoms with van der Waals surface area (Å²) in [5.74, 6) is -0.699. The van der Waals surface area contributed by atoms with E-state index in [2.05, 4.69) is 5.32 Å². The molecule has 0 unspecified atom stereocenters. The van der Waals surface area contributed by atoms with E-state index in [0.717, 1.165) is 5.56 Å². The van der Waals surface area contributed by atoms with E-state index < -0.39 is 12.1 Å². The van der Waals surface area contributed by atoms with Crippen LogP contribution in [0.3, 0.4) is 0 Å². The molecular formula is C14H19ClN2O4. The van der Waals surface area contributed by atoms with Gasteiger partial charge in [0.15, 0.2) is 11.5 Å². The van der Waals surface area contributed by atoms with Crippen LogP contribution in [0.5, 0.6) is 11.5 Å². The Morgan fingerprint density at radius 3 is 2.52 bits per heavy atom. The highest BCUT2D eigenvalue weighted by Gasteiger charge is 2.20. The zero-order chi connectivity index (χ0) is 16.0. The third-order valence-electron chi connectivity index (χ3n) is 2.64. The first-order valence-corrected chi connectivity index (χ1v) is 6.91. The molecule has 1 rings (SSSR count). The Morgan fingerprint density at radius 2 is 2.00 bits per heavy atom. The van der Waals surface area contributed by atoms with Crippen molar-refractivity contribution in [1.82, 2.24) is 5.32 Å². The van der Waals surface area contributed by atoms with Crippen molar-refractivity contribution in [3.8, 4) is 11.5 Å². The Balaban J connectivity index is 3.20. The second-order valence-corrected chi connectivity index (χ2v) is 5.00. The first-order chi connectivity index (χ1) is 9.90. The number of amides is 1. The average molecular weight is 315 g/mol. The highest BCUT2D eigenvalue weighted by atomic mass is 35.5. The van der Waals surface area contributed by atoms with E-state index in [1.54, 1.807) is 19.9 Å². The van der Waals surface area contributed by atoms with Crippen LogP contribution in [0.4, 0.5) is 4.79 Å². The molecule has 0 radical (unpaired) electrons. The predicted octanol–water partition coefficient (Wildman–Crippen LogP) is 2.12. The number of benzene rings is 1. The van der Waals surface area contributed by atoms with Crippen molar-refractivity contribution in [2.24, 2.45) is 11.7 Å². The van der Waals surface area contributed by atoms with E-state index in [1.165, 1.54) is 13.1 Å². The second-order valence-electron chi connectivity index (χ2n) is 4.62. The fraction of sp³-hybridized carbons (Fsp3) is 0.429. The molecule has 0 bridgehead atoms. The molecule has 0 fully saturated rings. The number of nitrogens with one attached hydrogen (secondary N) is 1. The number of carbonyl (C=O) groups is 2. The molecule has 0 heterocycles. The Morgan fingerprint density at radius 1 is 1.33 bits per heavy atom. The number of carbonyl (C=O) groups excluding carboxylic acids is 2. The topological polar surface area (TPSA) is 90.7 Å². The molecular weight excluding hydrogens is 296 g/mol. The van der Waals surface area contributed by atoms with Crippen LogP contribution in [0, 0.1) is 5.92 Å². The monoisotopic (exact) mass is 314 g/mol. The number of nitrogens with two attached hydrogens (primary N) is 1. The maximum atomic E-state index is 11.8. The van der Waals surface area contributed by atoms with Gasteiger partial charge in [-0.05, 0) is 24.6 Å². The SMILES string of the molecule is CNC(=O)Oc1ccc(CCN)c(Cl)c1OC(=O)C(C)C. The van der Waals surface area contributed by atoms with Crippen molar-refractivity contribution in [3.63, 3.8) is 0 Å². The molecule has 0 spiro atoms. The lowest BCUT2D eigenvalue weighted by Crippen LogP contribution is -2.23. The standard InChI is InChI=1S/C14H19ClN2O4/c1-8(2)13(18)21-12-10(20-14(19)17-3)5-4-9(6-7-16)11(12)15/h4-5,8H,6-7,16H2,1-3H3,(H,17,19). The van der Waals surface area contributed by atoms with E-state index in [0.29, 0.717) is 13.0 Å². The van der Waals surface area contributed by atoms with Crippen LogP contribution < -0.4 is 20.5 Å². The van der Waals surface area contributed by atoms with Gasteiger partial charge in [-0.1, -0.05) is 31.5 Å². The van der Waals surface area contributed by atoms with E-state index in [-0.39, 0.29) is 22.4 Å². The van der Waals surface area contributed by atoms with Gasteiger partial charge in [0, 0.05) is 7.05 Å². The smallest absolute Gasteiger partial charge is 0.412 e. The number of hydrogen-bond acceptors (Lipinski definition) is 5. The van der Waals surface area contributed by atoms with Crippen LogP contribution in [0.1, 0.15) is 19.4 Å². The van der Waals surface area contributed by atoms with Gasteiger partial charge in [0.1, 0.15) is 0 Å². The normalized spacial score (nSPS) is 10.4. The van der Waals surface area contributed by atoms with Gasteiger partial charge in [0.25, 0.3) is 0 Å². The van der Waals surface area contributed by atoms with Gasteiger partial charge in [-0.25, -0.2) is 4.79 Å². The van der Waals surface area contributed by atoms with Gasteiger partial charge in [-0.15, -0.1) is 0 Å². The molecule has 1 amide bonds. The summed E-state index contributed by atoms with van der Waals surface area (Å²) < 4.78 is 10.3. The lowest BCUT2D eigenvalue weighted by atomic mass is 10.1. The fourth-order valence-electron chi connectivity index (χ4n) is 1.47. The molecule has 0 atom stereocenters. The molecule has 116 valence electrons. The summed E-state index contributed by atoms with van der Waals surface area (Å²) in [6.07, 6.45) is -0.162. The van der Waals surface area contributed by atoms with E-state index >= 15 is 0 Å². The predicted molar refractivity (Wildman–Crippen MR) is 79.8 cm³/mol. The summed E-state index contributed by atoms with van der Waals surface area (Å²) in [7, 11) is 1.42. The van der Waals surface area contributed by atoms with Gasteiger partial charge in [0.05, 0.1) is 10.9 Å². The van der Waals surface area contributed by atoms with Crippen LogP contribution in [0.15, 0.2) is 12.1 Å². The quantitative estimate of drug-likeness (QED) is 0.641. The average Bonchev–Trinajstić information content (AvgIpc) is 2.45. The van der Waals surface area contributed by atoms with Crippen molar-refractivity contribution in [1.29, 1.82) is 0 Å². The maximum absolute atomic E-state index is 11.8. The molecule has 3 N–H and O–H groups in total. The number of halogens is 1. The highest BCUT2D eigenvalue weighted by Crippen LogP contribution is 2.38. The van der Waals surface area contributed by atoms with Crippen LogP contribution in [-0.2, 0) is 11.2 Å². The van der Waals surface area contributed by atoms with Crippen molar-refractivity contribution in [3.05, 3.63) is 22.7 Å². The largest absolute Gasteiger partial charge is 0.421 e. The zero-order valence-corrected chi connectivity index (χ0v) is 13.0. The summed E-state index contributed by atoms with van der Waals surface area (Å²) in [4.78, 5) is 23.1. The molecule has 1 aromatic carbocycles. The molecule has 7 heteroatoms. The minimum Gasteiger partial charge on any atom is -0.421 e. The summed E-state index contributed by atoms with van der Waals surface area (Å²) >= 11 is 6.22. The molecule has 0 saturated carbocycles. The second kappa shape index (κ2) is 7.85. The van der Waals surface area contributed by atoms with Gasteiger partial charge in [0.2, 0.25) is 0 Å². The molecule has 1 aromatic rings. The number of ether oxygens (including phenoxy) is 2. The fourth-order valence-corrected chi connectivity index (χ4v) is 1.76. The maximum Gasteiger partial charge on any atom is 0.412 e. The van der Waals surface area contributed by atoms with Gasteiger partial charge in [-0.2, -0.15) is 0 Å². The minimum absolute atomic E-state index is 0.0323. The first-order valence-electron chi connectivity index (χ1n) is 6.53. The Kier molecular flexibility index (Phi) is 6.45. The molecule has 0 aromatic heterocycles. The Bertz CT molecular complexity index is 532. The third-order valence-corrected chi connectivity index (χ3v) is 3.05. The van der Waals surface area contributed by atoms with Crippen LogP contribution in [0.2, 0.25) is 5.02 Å². The van der Waals surface area contributed by atoms with Crippen molar-refractivity contribution >= 4 is 23.7 Å². The van der Waals surface area contributed by atoms with Gasteiger partial charge >= 0.3 is 12.1 Å². The Hall–Kier alpha value is -1.79. The summed E-state index contributed by atoms with van der Waals surface area (Å²) in [5, 5.41) is 2.53. The summed E-state index contributed by atoms with van der Waals surface area (Å²) in [6, 6.07) is 3.20. The lowest BCUT2D eigenvalue weighted by Gasteiger charge is -2.15. The highest BCUT2D eigenvalue weighted by molar-refractivity contribution is 6.33. The van der Waals surface area contributed by atoms with E-state index in [9.17, 15) is 9.59 Å². The Labute approximate surface area is 128 Å². The third kappa shape index (κ3) is 4.61. The molecule has 0 aliphatic carbocycles.